The fourth-order valence-electron chi connectivity index (χ4n) is 2.43. The van der Waals surface area contributed by atoms with Gasteiger partial charge in [0.15, 0.2) is 0 Å². The van der Waals surface area contributed by atoms with E-state index in [-0.39, 0.29) is 23.8 Å². The molecule has 19 heavy (non-hydrogen) atoms. The minimum atomic E-state index is -0.220. The van der Waals surface area contributed by atoms with Gasteiger partial charge in [0.25, 0.3) is 5.91 Å². The Morgan fingerprint density at radius 2 is 1.79 bits per heavy atom. The van der Waals surface area contributed by atoms with E-state index in [4.69, 9.17) is 5.73 Å². The summed E-state index contributed by atoms with van der Waals surface area (Å²) in [6, 6.07) is 7.67. The van der Waals surface area contributed by atoms with E-state index < -0.39 is 0 Å². The van der Waals surface area contributed by atoms with E-state index in [1.807, 2.05) is 24.3 Å². The molecule has 0 spiro atoms. The van der Waals surface area contributed by atoms with Gasteiger partial charge in [0.1, 0.15) is 0 Å². The van der Waals surface area contributed by atoms with Crippen molar-refractivity contribution in [2.24, 2.45) is 11.7 Å². The third-order valence-corrected chi connectivity index (χ3v) is 4.52. The molecule has 5 heteroatoms. The van der Waals surface area contributed by atoms with E-state index in [0.29, 0.717) is 5.56 Å². The summed E-state index contributed by atoms with van der Waals surface area (Å²) >= 11 is 2.16. The molecule has 2 amide bonds. The molecule has 0 bridgehead atoms. The maximum absolute atomic E-state index is 12.1. The van der Waals surface area contributed by atoms with Crippen LogP contribution in [0.25, 0.3) is 0 Å². The average Bonchev–Trinajstić information content (AvgIpc) is 2.39. The van der Waals surface area contributed by atoms with E-state index >= 15 is 0 Å². The zero-order chi connectivity index (χ0) is 13.8. The van der Waals surface area contributed by atoms with Gasteiger partial charge < -0.3 is 11.1 Å². The number of nitrogens with one attached hydrogen (secondary N) is 1. The predicted molar refractivity (Wildman–Crippen MR) is 81.6 cm³/mol. The summed E-state index contributed by atoms with van der Waals surface area (Å²) in [6.45, 7) is 0. The first kappa shape index (κ1) is 14.3. The Kier molecular flexibility index (Phi) is 4.79. The molecule has 0 aliphatic heterocycles. The van der Waals surface area contributed by atoms with Crippen LogP contribution >= 0.6 is 22.6 Å². The zero-order valence-electron chi connectivity index (χ0n) is 10.6. The van der Waals surface area contributed by atoms with Crippen LogP contribution in [-0.2, 0) is 4.79 Å². The minimum Gasteiger partial charge on any atom is -0.369 e. The molecule has 0 radical (unpaired) electrons. The third-order valence-electron chi connectivity index (χ3n) is 3.58. The van der Waals surface area contributed by atoms with Gasteiger partial charge in [0, 0.05) is 15.5 Å². The number of hydrogen-bond donors (Lipinski definition) is 2. The molecule has 0 heterocycles. The smallest absolute Gasteiger partial charge is 0.252 e. The molecule has 102 valence electrons. The number of halogens is 1. The molecule has 1 saturated carbocycles. The van der Waals surface area contributed by atoms with E-state index in [9.17, 15) is 9.59 Å². The van der Waals surface area contributed by atoms with Gasteiger partial charge in [-0.1, -0.05) is 12.1 Å². The molecule has 0 atom stereocenters. The van der Waals surface area contributed by atoms with Crippen molar-refractivity contribution in [3.05, 3.63) is 33.4 Å². The summed E-state index contributed by atoms with van der Waals surface area (Å²) in [7, 11) is 0. The molecule has 1 aliphatic carbocycles. The monoisotopic (exact) mass is 372 g/mol. The molecule has 1 fully saturated rings. The molecule has 0 saturated heterocycles. The number of carbonyl (C=O) groups excluding carboxylic acids is 2. The summed E-state index contributed by atoms with van der Waals surface area (Å²) in [6.07, 6.45) is 3.18. The molecule has 1 aromatic carbocycles. The van der Waals surface area contributed by atoms with Crippen molar-refractivity contribution < 1.29 is 9.59 Å². The van der Waals surface area contributed by atoms with Crippen LogP contribution in [0, 0.1) is 9.49 Å². The van der Waals surface area contributed by atoms with Crippen LogP contribution in [0.1, 0.15) is 36.0 Å². The summed E-state index contributed by atoms with van der Waals surface area (Å²) in [5.41, 5.74) is 6.01. The number of nitrogens with two attached hydrogens (primary N) is 1. The Morgan fingerprint density at radius 3 is 2.37 bits per heavy atom. The van der Waals surface area contributed by atoms with E-state index in [2.05, 4.69) is 27.9 Å². The van der Waals surface area contributed by atoms with Crippen LogP contribution in [0.4, 0.5) is 0 Å². The predicted octanol–water partition coefficient (Wildman–Crippen LogP) is 2.07. The first-order valence-electron chi connectivity index (χ1n) is 6.42. The van der Waals surface area contributed by atoms with Crippen molar-refractivity contribution in [2.75, 3.05) is 0 Å². The highest BCUT2D eigenvalue weighted by Gasteiger charge is 2.25. The normalized spacial score (nSPS) is 22.8. The van der Waals surface area contributed by atoms with Crippen LogP contribution < -0.4 is 11.1 Å². The SMILES string of the molecule is NC(=O)C1CCC(NC(=O)c2ccccc2I)CC1. The Labute approximate surface area is 126 Å². The van der Waals surface area contributed by atoms with Crippen LogP contribution in [0.15, 0.2) is 24.3 Å². The molecule has 1 aromatic rings. The van der Waals surface area contributed by atoms with Gasteiger partial charge in [-0.25, -0.2) is 0 Å². The van der Waals surface area contributed by atoms with Crippen LogP contribution in [0.3, 0.4) is 0 Å². The van der Waals surface area contributed by atoms with Crippen molar-refractivity contribution in [3.63, 3.8) is 0 Å². The van der Waals surface area contributed by atoms with Gasteiger partial charge in [-0.2, -0.15) is 0 Å². The standard InChI is InChI=1S/C14H17IN2O2/c15-12-4-2-1-3-11(12)14(19)17-10-7-5-9(6-8-10)13(16)18/h1-4,9-10H,5-8H2,(H2,16,18)(H,17,19). The zero-order valence-corrected chi connectivity index (χ0v) is 12.7. The average molecular weight is 372 g/mol. The quantitative estimate of drug-likeness (QED) is 0.798. The van der Waals surface area contributed by atoms with Crippen molar-refractivity contribution in [2.45, 2.75) is 31.7 Å². The number of hydrogen-bond acceptors (Lipinski definition) is 2. The Hall–Kier alpha value is -1.11. The molecule has 3 N–H and O–H groups in total. The number of rotatable bonds is 3. The molecular formula is C14H17IN2O2. The van der Waals surface area contributed by atoms with Gasteiger partial charge in [-0.05, 0) is 60.4 Å². The number of primary amides is 1. The fourth-order valence-corrected chi connectivity index (χ4v) is 3.06. The first-order chi connectivity index (χ1) is 9.08. The highest BCUT2D eigenvalue weighted by Crippen LogP contribution is 2.24. The summed E-state index contributed by atoms with van der Waals surface area (Å²) in [5, 5.41) is 3.04. The number of benzene rings is 1. The Morgan fingerprint density at radius 1 is 1.16 bits per heavy atom. The van der Waals surface area contributed by atoms with Crippen molar-refractivity contribution in [3.8, 4) is 0 Å². The topological polar surface area (TPSA) is 72.2 Å². The Balaban J connectivity index is 1.91. The molecule has 0 unspecified atom stereocenters. The molecule has 2 rings (SSSR count). The lowest BCUT2D eigenvalue weighted by molar-refractivity contribution is -0.122. The van der Waals surface area contributed by atoms with Crippen LogP contribution in [-0.4, -0.2) is 17.9 Å². The number of amides is 2. The highest BCUT2D eigenvalue weighted by atomic mass is 127. The molecular weight excluding hydrogens is 355 g/mol. The van der Waals surface area contributed by atoms with Gasteiger partial charge in [-0.3, -0.25) is 9.59 Å². The molecule has 0 aromatic heterocycles. The van der Waals surface area contributed by atoms with E-state index in [0.717, 1.165) is 29.3 Å². The second kappa shape index (κ2) is 6.36. The van der Waals surface area contributed by atoms with E-state index in [1.54, 1.807) is 0 Å². The fraction of sp³-hybridized carbons (Fsp3) is 0.429. The van der Waals surface area contributed by atoms with Gasteiger partial charge in [0.2, 0.25) is 5.91 Å². The summed E-state index contributed by atoms with van der Waals surface area (Å²) in [4.78, 5) is 23.2. The van der Waals surface area contributed by atoms with Crippen LogP contribution in [0.2, 0.25) is 0 Å². The van der Waals surface area contributed by atoms with Gasteiger partial charge >= 0.3 is 0 Å². The van der Waals surface area contributed by atoms with Gasteiger partial charge in [0.05, 0.1) is 5.56 Å². The van der Waals surface area contributed by atoms with Gasteiger partial charge in [-0.15, -0.1) is 0 Å². The second-order valence-corrected chi connectivity index (χ2v) is 6.07. The lowest BCUT2D eigenvalue weighted by Gasteiger charge is -2.27. The lowest BCUT2D eigenvalue weighted by Crippen LogP contribution is -2.40. The van der Waals surface area contributed by atoms with Crippen LogP contribution in [0.5, 0.6) is 0 Å². The maximum atomic E-state index is 12.1. The second-order valence-electron chi connectivity index (χ2n) is 4.90. The molecule has 1 aliphatic rings. The first-order valence-corrected chi connectivity index (χ1v) is 7.50. The maximum Gasteiger partial charge on any atom is 0.252 e. The van der Waals surface area contributed by atoms with Crippen molar-refractivity contribution >= 4 is 34.4 Å². The van der Waals surface area contributed by atoms with Crippen molar-refractivity contribution in [1.82, 2.24) is 5.32 Å². The Bertz CT molecular complexity index is 482. The van der Waals surface area contributed by atoms with Crippen molar-refractivity contribution in [1.29, 1.82) is 0 Å². The lowest BCUT2D eigenvalue weighted by atomic mass is 9.85. The molecule has 4 nitrogen and oxygen atoms in total. The summed E-state index contributed by atoms with van der Waals surface area (Å²) in [5.74, 6) is -0.278. The largest absolute Gasteiger partial charge is 0.369 e. The van der Waals surface area contributed by atoms with E-state index in [1.165, 1.54) is 0 Å². The highest BCUT2D eigenvalue weighted by molar-refractivity contribution is 14.1. The minimum absolute atomic E-state index is 0.0231. The number of carbonyl (C=O) groups is 2. The third kappa shape index (κ3) is 3.68. The summed E-state index contributed by atoms with van der Waals surface area (Å²) < 4.78 is 0.948.